The quantitative estimate of drug-likeness (QED) is 0.641. The van der Waals surface area contributed by atoms with Gasteiger partial charge in [-0.25, -0.2) is 12.8 Å². The van der Waals surface area contributed by atoms with Gasteiger partial charge in [-0.05, 0) is 94.6 Å². The molecule has 1 saturated heterocycles. The third-order valence-corrected chi connectivity index (χ3v) is 9.22. The molecule has 34 heavy (non-hydrogen) atoms. The van der Waals surface area contributed by atoms with Crippen molar-refractivity contribution < 1.29 is 17.6 Å². The fourth-order valence-electron chi connectivity index (χ4n) is 4.71. The lowest BCUT2D eigenvalue weighted by atomic mass is 9.97. The molecule has 1 aliphatic heterocycles. The summed E-state index contributed by atoms with van der Waals surface area (Å²) in [6, 6.07) is 8.26. The second-order valence-electron chi connectivity index (χ2n) is 9.55. The van der Waals surface area contributed by atoms with Crippen LogP contribution in [0.15, 0.2) is 35.2 Å². The standard InChI is InChI=1S/C26H36FN3O3S/c1-17-14-18(2)20(4)25(19(17)3)34(32,33)30-12-10-21(11-13-30)26(31)28-16-24(29(5)6)22-8-7-9-23(27)15-22/h7-9,14-15,21,24H,10-13,16H2,1-6H3,(H,28,31). The van der Waals surface area contributed by atoms with Crippen LogP contribution in [0.2, 0.25) is 0 Å². The zero-order chi connectivity index (χ0) is 25.2. The summed E-state index contributed by atoms with van der Waals surface area (Å²) in [4.78, 5) is 15.2. The number of sulfonamides is 1. The van der Waals surface area contributed by atoms with Crippen molar-refractivity contribution in [2.45, 2.75) is 51.5 Å². The van der Waals surface area contributed by atoms with Gasteiger partial charge in [0.1, 0.15) is 5.82 Å². The molecule has 0 radical (unpaired) electrons. The molecule has 2 aromatic rings. The van der Waals surface area contributed by atoms with Crippen molar-refractivity contribution in [1.29, 1.82) is 0 Å². The van der Waals surface area contributed by atoms with E-state index in [1.807, 2.05) is 58.8 Å². The summed E-state index contributed by atoms with van der Waals surface area (Å²) < 4.78 is 42.1. The molecular formula is C26H36FN3O3S. The van der Waals surface area contributed by atoms with Crippen molar-refractivity contribution in [2.24, 2.45) is 5.92 Å². The van der Waals surface area contributed by atoms with Gasteiger partial charge < -0.3 is 10.2 Å². The predicted molar refractivity (Wildman–Crippen MR) is 133 cm³/mol. The van der Waals surface area contributed by atoms with E-state index in [9.17, 15) is 17.6 Å². The van der Waals surface area contributed by atoms with Crippen LogP contribution in [0, 0.1) is 39.4 Å². The van der Waals surface area contributed by atoms with Crippen LogP contribution < -0.4 is 5.32 Å². The molecule has 8 heteroatoms. The predicted octanol–water partition coefficient (Wildman–Crippen LogP) is 3.88. The molecule has 0 aliphatic carbocycles. The molecule has 0 saturated carbocycles. The van der Waals surface area contributed by atoms with Gasteiger partial charge in [-0.15, -0.1) is 0 Å². The fourth-order valence-corrected chi connectivity index (χ4v) is 6.75. The minimum atomic E-state index is -3.64. The minimum absolute atomic E-state index is 0.0842. The number of piperidine rings is 1. The highest BCUT2D eigenvalue weighted by Gasteiger charge is 2.34. The highest BCUT2D eigenvalue weighted by molar-refractivity contribution is 7.89. The molecule has 0 spiro atoms. The van der Waals surface area contributed by atoms with Crippen LogP contribution in [-0.2, 0) is 14.8 Å². The van der Waals surface area contributed by atoms with Crippen LogP contribution in [0.1, 0.15) is 46.7 Å². The largest absolute Gasteiger partial charge is 0.354 e. The first-order chi connectivity index (χ1) is 15.9. The van der Waals surface area contributed by atoms with E-state index in [-0.39, 0.29) is 23.7 Å². The zero-order valence-corrected chi connectivity index (χ0v) is 21.8. The summed E-state index contributed by atoms with van der Waals surface area (Å²) in [5.41, 5.74) is 4.30. The first-order valence-corrected chi connectivity index (χ1v) is 13.1. The maximum absolute atomic E-state index is 13.7. The molecule has 1 unspecified atom stereocenters. The summed E-state index contributed by atoms with van der Waals surface area (Å²) in [6.45, 7) is 8.56. The van der Waals surface area contributed by atoms with Crippen LogP contribution in [0.5, 0.6) is 0 Å². The smallest absolute Gasteiger partial charge is 0.243 e. The highest BCUT2D eigenvalue weighted by Crippen LogP contribution is 2.31. The van der Waals surface area contributed by atoms with Crippen LogP contribution in [-0.4, -0.2) is 57.3 Å². The first-order valence-electron chi connectivity index (χ1n) is 11.7. The van der Waals surface area contributed by atoms with Crippen molar-refractivity contribution in [1.82, 2.24) is 14.5 Å². The van der Waals surface area contributed by atoms with Crippen LogP contribution in [0.3, 0.4) is 0 Å². The van der Waals surface area contributed by atoms with Crippen molar-refractivity contribution in [3.8, 4) is 0 Å². The molecule has 0 bridgehead atoms. The second-order valence-corrected chi connectivity index (χ2v) is 11.4. The maximum atomic E-state index is 13.7. The SMILES string of the molecule is Cc1cc(C)c(C)c(S(=O)(=O)N2CCC(C(=O)NCC(c3cccc(F)c3)N(C)C)CC2)c1C. The Kier molecular flexibility index (Phi) is 8.16. The Morgan fingerprint density at radius 3 is 2.21 bits per heavy atom. The number of carbonyl (C=O) groups excluding carboxylic acids is 1. The van der Waals surface area contributed by atoms with Gasteiger partial charge in [0.25, 0.3) is 0 Å². The number of nitrogens with zero attached hydrogens (tertiary/aromatic N) is 2. The molecule has 1 amide bonds. The lowest BCUT2D eigenvalue weighted by Gasteiger charge is -2.32. The summed E-state index contributed by atoms with van der Waals surface area (Å²) in [7, 11) is 0.147. The monoisotopic (exact) mass is 489 g/mol. The topological polar surface area (TPSA) is 69.7 Å². The van der Waals surface area contributed by atoms with Crippen LogP contribution >= 0.6 is 0 Å². The molecule has 1 heterocycles. The van der Waals surface area contributed by atoms with Crippen molar-refractivity contribution in [3.05, 3.63) is 64.0 Å². The van der Waals surface area contributed by atoms with E-state index in [2.05, 4.69) is 5.32 Å². The molecule has 2 aromatic carbocycles. The number of halogens is 1. The third kappa shape index (κ3) is 5.50. The van der Waals surface area contributed by atoms with E-state index in [0.717, 1.165) is 27.8 Å². The van der Waals surface area contributed by atoms with Gasteiger partial charge in [-0.1, -0.05) is 18.2 Å². The number of hydrogen-bond donors (Lipinski definition) is 1. The van der Waals surface area contributed by atoms with Crippen LogP contribution in [0.4, 0.5) is 4.39 Å². The van der Waals surface area contributed by atoms with Gasteiger partial charge in [-0.3, -0.25) is 4.79 Å². The molecular weight excluding hydrogens is 453 g/mol. The van der Waals surface area contributed by atoms with E-state index >= 15 is 0 Å². The molecule has 1 atom stereocenters. The van der Waals surface area contributed by atoms with E-state index in [0.29, 0.717) is 37.4 Å². The number of hydrogen-bond acceptors (Lipinski definition) is 4. The van der Waals surface area contributed by atoms with Gasteiger partial charge in [0.2, 0.25) is 15.9 Å². The molecule has 186 valence electrons. The normalized spacial score (nSPS) is 16.6. The fraction of sp³-hybridized carbons (Fsp3) is 0.500. The molecule has 1 N–H and O–H groups in total. The Hall–Kier alpha value is -2.29. The highest BCUT2D eigenvalue weighted by atomic mass is 32.2. The average molecular weight is 490 g/mol. The number of amides is 1. The number of aryl methyl sites for hydroxylation is 2. The molecule has 3 rings (SSSR count). The summed E-state index contributed by atoms with van der Waals surface area (Å²) in [5, 5.41) is 3.00. The number of nitrogens with one attached hydrogen (secondary N) is 1. The Labute approximate surface area is 203 Å². The molecule has 6 nitrogen and oxygen atoms in total. The van der Waals surface area contributed by atoms with Crippen molar-refractivity contribution in [3.63, 3.8) is 0 Å². The zero-order valence-electron chi connectivity index (χ0n) is 21.0. The Balaban J connectivity index is 1.65. The number of carbonyl (C=O) groups is 1. The number of benzene rings is 2. The van der Waals surface area contributed by atoms with Gasteiger partial charge in [-0.2, -0.15) is 4.31 Å². The van der Waals surface area contributed by atoms with E-state index in [4.69, 9.17) is 0 Å². The van der Waals surface area contributed by atoms with Gasteiger partial charge in [0.15, 0.2) is 0 Å². The summed E-state index contributed by atoms with van der Waals surface area (Å²) in [5.74, 6) is -0.638. The Morgan fingerprint density at radius 2 is 1.68 bits per heavy atom. The van der Waals surface area contributed by atoms with E-state index in [1.165, 1.54) is 16.4 Å². The third-order valence-electron chi connectivity index (χ3n) is 7.05. The second kappa shape index (κ2) is 10.5. The average Bonchev–Trinajstić information content (AvgIpc) is 2.77. The Morgan fingerprint density at radius 1 is 1.09 bits per heavy atom. The number of rotatable bonds is 7. The first kappa shape index (κ1) is 26.3. The molecule has 0 aromatic heterocycles. The van der Waals surface area contributed by atoms with E-state index < -0.39 is 10.0 Å². The van der Waals surface area contributed by atoms with Crippen LogP contribution in [0.25, 0.3) is 0 Å². The van der Waals surface area contributed by atoms with Gasteiger partial charge in [0, 0.05) is 25.6 Å². The lowest BCUT2D eigenvalue weighted by Crippen LogP contribution is -2.44. The lowest BCUT2D eigenvalue weighted by molar-refractivity contribution is -0.126. The maximum Gasteiger partial charge on any atom is 0.243 e. The van der Waals surface area contributed by atoms with Crippen molar-refractivity contribution >= 4 is 15.9 Å². The Bertz CT molecular complexity index is 1130. The summed E-state index contributed by atoms with van der Waals surface area (Å²) >= 11 is 0. The van der Waals surface area contributed by atoms with Crippen molar-refractivity contribution in [2.75, 3.05) is 33.7 Å². The van der Waals surface area contributed by atoms with Gasteiger partial charge in [0.05, 0.1) is 10.9 Å². The van der Waals surface area contributed by atoms with Gasteiger partial charge >= 0.3 is 0 Å². The van der Waals surface area contributed by atoms with E-state index in [1.54, 1.807) is 6.07 Å². The molecule has 1 fully saturated rings. The number of likely N-dealkylation sites (N-methyl/N-ethyl adjacent to an activating group) is 1. The molecule has 1 aliphatic rings. The summed E-state index contributed by atoms with van der Waals surface area (Å²) in [6.07, 6.45) is 0.946. The minimum Gasteiger partial charge on any atom is -0.354 e.